The monoisotopic (exact) mass is 384 g/mol. The van der Waals surface area contributed by atoms with Crippen molar-refractivity contribution in [3.63, 3.8) is 0 Å². The summed E-state index contributed by atoms with van der Waals surface area (Å²) in [4.78, 5) is 29.3. The summed E-state index contributed by atoms with van der Waals surface area (Å²) in [5.74, 6) is -0.412. The maximum atomic E-state index is 12.6. The van der Waals surface area contributed by atoms with Crippen molar-refractivity contribution in [1.82, 2.24) is 20.0 Å². The van der Waals surface area contributed by atoms with Gasteiger partial charge >= 0.3 is 0 Å². The fourth-order valence-electron chi connectivity index (χ4n) is 2.78. The van der Waals surface area contributed by atoms with Gasteiger partial charge in [0.15, 0.2) is 5.69 Å². The highest BCUT2D eigenvalue weighted by molar-refractivity contribution is 6.30. The quantitative estimate of drug-likeness (QED) is 0.657. The SMILES string of the molecule is CCCNC(=O)c1nc(C(=O)NCCc2cccc(Cl)c2)n2ccccc12. The number of carbonyl (C=O) groups is 2. The Bertz CT molecular complexity index is 968. The van der Waals surface area contributed by atoms with Gasteiger partial charge in [0.2, 0.25) is 5.82 Å². The lowest BCUT2D eigenvalue weighted by molar-refractivity contribution is 0.0943. The largest absolute Gasteiger partial charge is 0.351 e. The topological polar surface area (TPSA) is 75.5 Å². The minimum Gasteiger partial charge on any atom is -0.351 e. The number of fused-ring (bicyclic) bond motifs is 1. The van der Waals surface area contributed by atoms with Crippen molar-refractivity contribution < 1.29 is 9.59 Å². The lowest BCUT2D eigenvalue weighted by atomic mass is 10.1. The Labute approximate surface area is 162 Å². The highest BCUT2D eigenvalue weighted by Gasteiger charge is 2.20. The van der Waals surface area contributed by atoms with Crippen molar-refractivity contribution in [2.75, 3.05) is 13.1 Å². The van der Waals surface area contributed by atoms with Gasteiger partial charge in [-0.3, -0.25) is 14.0 Å². The average Bonchev–Trinajstić information content (AvgIpc) is 3.06. The minimum atomic E-state index is -0.326. The van der Waals surface area contributed by atoms with Crippen LogP contribution >= 0.6 is 11.6 Å². The van der Waals surface area contributed by atoms with E-state index in [9.17, 15) is 9.59 Å². The summed E-state index contributed by atoms with van der Waals surface area (Å²) in [6.45, 7) is 2.98. The predicted octanol–water partition coefficient (Wildman–Crippen LogP) is 3.10. The van der Waals surface area contributed by atoms with E-state index in [-0.39, 0.29) is 23.3 Å². The van der Waals surface area contributed by atoms with Gasteiger partial charge in [-0.25, -0.2) is 4.98 Å². The van der Waals surface area contributed by atoms with Gasteiger partial charge in [0.1, 0.15) is 0 Å². The van der Waals surface area contributed by atoms with Gasteiger partial charge in [0, 0.05) is 24.3 Å². The summed E-state index contributed by atoms with van der Waals surface area (Å²) in [5, 5.41) is 6.33. The van der Waals surface area contributed by atoms with Crippen LogP contribution in [0.15, 0.2) is 48.7 Å². The number of amides is 2. The standard InChI is InChI=1S/C20H21ClN4O2/c1-2-10-22-19(26)17-16-8-3-4-12-25(16)18(24-17)20(27)23-11-9-14-6-5-7-15(21)13-14/h3-8,12-13H,2,9-11H2,1H3,(H,22,26)(H,23,27). The summed E-state index contributed by atoms with van der Waals surface area (Å²) < 4.78 is 1.63. The molecule has 27 heavy (non-hydrogen) atoms. The number of nitrogens with one attached hydrogen (secondary N) is 2. The molecule has 2 heterocycles. The molecule has 0 aliphatic heterocycles. The van der Waals surface area contributed by atoms with Crippen molar-refractivity contribution in [3.05, 3.63) is 70.8 Å². The van der Waals surface area contributed by atoms with Gasteiger partial charge in [-0.1, -0.05) is 36.7 Å². The lowest BCUT2D eigenvalue weighted by Gasteiger charge is -2.05. The first-order valence-corrected chi connectivity index (χ1v) is 9.26. The van der Waals surface area contributed by atoms with Gasteiger partial charge < -0.3 is 10.6 Å². The highest BCUT2D eigenvalue weighted by atomic mass is 35.5. The molecule has 140 valence electrons. The highest BCUT2D eigenvalue weighted by Crippen LogP contribution is 2.14. The maximum absolute atomic E-state index is 12.6. The number of imidazole rings is 1. The lowest BCUT2D eigenvalue weighted by Crippen LogP contribution is -2.28. The smallest absolute Gasteiger partial charge is 0.287 e. The second kappa shape index (κ2) is 8.68. The number of aromatic nitrogens is 2. The first kappa shape index (κ1) is 18.9. The van der Waals surface area contributed by atoms with Crippen LogP contribution in [0.5, 0.6) is 0 Å². The van der Waals surface area contributed by atoms with Crippen LogP contribution in [0.2, 0.25) is 5.02 Å². The van der Waals surface area contributed by atoms with Gasteiger partial charge in [-0.15, -0.1) is 0 Å². The third-order valence-electron chi connectivity index (χ3n) is 4.09. The Hall–Kier alpha value is -2.86. The zero-order valence-electron chi connectivity index (χ0n) is 15.0. The van der Waals surface area contributed by atoms with E-state index in [2.05, 4.69) is 15.6 Å². The molecule has 0 aliphatic carbocycles. The van der Waals surface area contributed by atoms with Gasteiger partial charge in [-0.05, 0) is 42.7 Å². The van der Waals surface area contributed by atoms with Crippen molar-refractivity contribution in [2.24, 2.45) is 0 Å². The third-order valence-corrected chi connectivity index (χ3v) is 4.33. The molecule has 7 heteroatoms. The summed E-state index contributed by atoms with van der Waals surface area (Å²) in [6, 6.07) is 12.9. The summed E-state index contributed by atoms with van der Waals surface area (Å²) in [7, 11) is 0. The first-order chi connectivity index (χ1) is 13.1. The third kappa shape index (κ3) is 4.46. The number of carbonyl (C=O) groups excluding carboxylic acids is 2. The van der Waals surface area contributed by atoms with E-state index in [0.717, 1.165) is 12.0 Å². The molecule has 0 unspecified atom stereocenters. The Kier molecular flexibility index (Phi) is 6.08. The zero-order chi connectivity index (χ0) is 19.2. The Balaban J connectivity index is 1.75. The van der Waals surface area contributed by atoms with Crippen LogP contribution in [-0.4, -0.2) is 34.3 Å². The van der Waals surface area contributed by atoms with Crippen LogP contribution < -0.4 is 10.6 Å². The summed E-state index contributed by atoms with van der Waals surface area (Å²) >= 11 is 5.98. The zero-order valence-corrected chi connectivity index (χ0v) is 15.8. The molecule has 2 aromatic heterocycles. The number of halogens is 1. The first-order valence-electron chi connectivity index (χ1n) is 8.88. The van der Waals surface area contributed by atoms with E-state index in [1.165, 1.54) is 0 Å². The van der Waals surface area contributed by atoms with E-state index in [0.29, 0.717) is 30.0 Å². The van der Waals surface area contributed by atoms with Crippen molar-refractivity contribution in [3.8, 4) is 0 Å². The van der Waals surface area contributed by atoms with Crippen LogP contribution in [0.25, 0.3) is 5.52 Å². The molecule has 0 atom stereocenters. The fourth-order valence-corrected chi connectivity index (χ4v) is 2.99. The number of nitrogens with zero attached hydrogens (tertiary/aromatic N) is 2. The molecule has 1 aromatic carbocycles. The molecule has 0 spiro atoms. The maximum Gasteiger partial charge on any atom is 0.287 e. The summed E-state index contributed by atoms with van der Waals surface area (Å²) in [5.41, 5.74) is 1.89. The van der Waals surface area contributed by atoms with Crippen LogP contribution in [-0.2, 0) is 6.42 Å². The molecule has 3 aromatic rings. The van der Waals surface area contributed by atoms with E-state index < -0.39 is 0 Å². The van der Waals surface area contributed by atoms with E-state index >= 15 is 0 Å². The van der Waals surface area contributed by atoms with E-state index in [1.54, 1.807) is 22.7 Å². The molecular formula is C20H21ClN4O2. The number of rotatable bonds is 7. The van der Waals surface area contributed by atoms with Gasteiger partial charge in [0.25, 0.3) is 11.8 Å². The number of benzene rings is 1. The number of pyridine rings is 1. The van der Waals surface area contributed by atoms with Crippen molar-refractivity contribution >= 4 is 28.9 Å². The van der Waals surface area contributed by atoms with Crippen LogP contribution in [0, 0.1) is 0 Å². The number of hydrogen-bond acceptors (Lipinski definition) is 3. The molecule has 0 bridgehead atoms. The van der Waals surface area contributed by atoms with Crippen molar-refractivity contribution in [1.29, 1.82) is 0 Å². The van der Waals surface area contributed by atoms with E-state index in [1.807, 2.05) is 37.3 Å². The Morgan fingerprint density at radius 1 is 1.07 bits per heavy atom. The van der Waals surface area contributed by atoms with Gasteiger partial charge in [0.05, 0.1) is 5.52 Å². The Morgan fingerprint density at radius 2 is 1.89 bits per heavy atom. The van der Waals surface area contributed by atoms with Gasteiger partial charge in [-0.2, -0.15) is 0 Å². The minimum absolute atomic E-state index is 0.193. The molecule has 3 rings (SSSR count). The predicted molar refractivity (Wildman–Crippen MR) is 105 cm³/mol. The molecular weight excluding hydrogens is 364 g/mol. The van der Waals surface area contributed by atoms with Crippen molar-refractivity contribution in [2.45, 2.75) is 19.8 Å². The van der Waals surface area contributed by atoms with E-state index in [4.69, 9.17) is 11.6 Å². The molecule has 0 fully saturated rings. The molecule has 0 radical (unpaired) electrons. The van der Waals surface area contributed by atoms with Crippen LogP contribution in [0.1, 0.15) is 40.0 Å². The fraction of sp³-hybridized carbons (Fsp3) is 0.250. The van der Waals surface area contributed by atoms with Crippen LogP contribution in [0.3, 0.4) is 0 Å². The van der Waals surface area contributed by atoms with Crippen LogP contribution in [0.4, 0.5) is 0 Å². The molecule has 6 nitrogen and oxygen atoms in total. The number of hydrogen-bond donors (Lipinski definition) is 2. The second-order valence-electron chi connectivity index (χ2n) is 6.13. The molecule has 2 amide bonds. The summed E-state index contributed by atoms with van der Waals surface area (Å²) in [6.07, 6.45) is 3.21. The second-order valence-corrected chi connectivity index (χ2v) is 6.57. The molecule has 2 N–H and O–H groups in total. The Morgan fingerprint density at radius 3 is 2.67 bits per heavy atom. The molecule has 0 aliphatic rings. The normalized spacial score (nSPS) is 10.7. The molecule has 0 saturated heterocycles. The molecule has 0 saturated carbocycles. The average molecular weight is 385 g/mol.